The standard InChI is InChI=1S/C15H13N3O3/c19-14-6-5-10-3-1-2-4-13(10)18(14)8-12-11(15(20)21)7-16-9-17-12/h1-4,7,9H,5-6,8H2,(H,20,21). The number of fused-ring (bicyclic) bond motifs is 1. The van der Waals surface area contributed by atoms with E-state index in [0.717, 1.165) is 11.3 Å². The van der Waals surface area contributed by atoms with Crippen molar-refractivity contribution in [3.63, 3.8) is 0 Å². The fraction of sp³-hybridized carbons (Fsp3) is 0.200. The second kappa shape index (κ2) is 5.32. The van der Waals surface area contributed by atoms with Crippen LogP contribution in [-0.2, 0) is 17.8 Å². The number of anilines is 1. The first-order chi connectivity index (χ1) is 10.2. The molecule has 106 valence electrons. The van der Waals surface area contributed by atoms with E-state index in [1.807, 2.05) is 24.3 Å². The predicted octanol–water partition coefficient (Wildman–Crippen LogP) is 1.65. The number of carbonyl (C=O) groups is 2. The van der Waals surface area contributed by atoms with E-state index in [2.05, 4.69) is 9.97 Å². The Balaban J connectivity index is 1.99. The maximum atomic E-state index is 12.2. The highest BCUT2D eigenvalue weighted by Gasteiger charge is 2.25. The van der Waals surface area contributed by atoms with Crippen LogP contribution in [0.5, 0.6) is 0 Å². The van der Waals surface area contributed by atoms with E-state index < -0.39 is 5.97 Å². The summed E-state index contributed by atoms with van der Waals surface area (Å²) in [5.74, 6) is -1.12. The number of amides is 1. The molecule has 0 radical (unpaired) electrons. The second-order valence-electron chi connectivity index (χ2n) is 4.80. The molecule has 6 nitrogen and oxygen atoms in total. The third kappa shape index (κ3) is 2.47. The van der Waals surface area contributed by atoms with Crippen LogP contribution in [0, 0.1) is 0 Å². The number of carboxylic acids is 1. The number of benzene rings is 1. The van der Waals surface area contributed by atoms with E-state index in [0.29, 0.717) is 18.5 Å². The van der Waals surface area contributed by atoms with Gasteiger partial charge in [-0.15, -0.1) is 0 Å². The first kappa shape index (κ1) is 13.2. The molecule has 1 aliphatic rings. The SMILES string of the molecule is O=C(O)c1cncnc1CN1C(=O)CCc2ccccc21. The van der Waals surface area contributed by atoms with Crippen molar-refractivity contribution >= 4 is 17.6 Å². The highest BCUT2D eigenvalue weighted by molar-refractivity contribution is 5.97. The van der Waals surface area contributed by atoms with Crippen molar-refractivity contribution in [2.45, 2.75) is 19.4 Å². The zero-order chi connectivity index (χ0) is 14.8. The van der Waals surface area contributed by atoms with E-state index in [4.69, 9.17) is 0 Å². The van der Waals surface area contributed by atoms with Gasteiger partial charge in [0.2, 0.25) is 5.91 Å². The molecule has 3 rings (SSSR count). The Morgan fingerprint density at radius 1 is 1.29 bits per heavy atom. The van der Waals surface area contributed by atoms with Crippen LogP contribution in [0.25, 0.3) is 0 Å². The Morgan fingerprint density at radius 2 is 2.10 bits per heavy atom. The van der Waals surface area contributed by atoms with Gasteiger partial charge in [-0.1, -0.05) is 18.2 Å². The summed E-state index contributed by atoms with van der Waals surface area (Å²) >= 11 is 0. The van der Waals surface area contributed by atoms with Crippen molar-refractivity contribution in [2.24, 2.45) is 0 Å². The summed E-state index contributed by atoms with van der Waals surface area (Å²) in [4.78, 5) is 32.7. The van der Waals surface area contributed by atoms with Gasteiger partial charge in [0.05, 0.1) is 12.2 Å². The monoisotopic (exact) mass is 283 g/mol. The molecule has 0 fully saturated rings. The van der Waals surface area contributed by atoms with E-state index in [1.54, 1.807) is 4.90 Å². The average Bonchev–Trinajstić information content (AvgIpc) is 2.50. The molecule has 1 amide bonds. The fourth-order valence-electron chi connectivity index (χ4n) is 2.48. The Labute approximate surface area is 121 Å². The molecule has 0 saturated heterocycles. The summed E-state index contributed by atoms with van der Waals surface area (Å²) in [6, 6.07) is 7.64. The molecule has 0 aliphatic carbocycles. The molecular weight excluding hydrogens is 270 g/mol. The third-order valence-electron chi connectivity index (χ3n) is 3.52. The topological polar surface area (TPSA) is 83.4 Å². The lowest BCUT2D eigenvalue weighted by atomic mass is 10.0. The molecule has 0 unspecified atom stereocenters. The second-order valence-corrected chi connectivity index (χ2v) is 4.80. The first-order valence-corrected chi connectivity index (χ1v) is 6.57. The molecule has 21 heavy (non-hydrogen) atoms. The van der Waals surface area contributed by atoms with Gasteiger partial charge in [-0.25, -0.2) is 14.8 Å². The Bertz CT molecular complexity index is 715. The molecule has 0 saturated carbocycles. The molecule has 1 aromatic heterocycles. The van der Waals surface area contributed by atoms with E-state index >= 15 is 0 Å². The Kier molecular flexibility index (Phi) is 3.35. The van der Waals surface area contributed by atoms with Crippen LogP contribution < -0.4 is 4.90 Å². The number of hydrogen-bond acceptors (Lipinski definition) is 4. The van der Waals surface area contributed by atoms with Gasteiger partial charge in [-0.2, -0.15) is 0 Å². The Hall–Kier alpha value is -2.76. The predicted molar refractivity (Wildman–Crippen MR) is 74.9 cm³/mol. The van der Waals surface area contributed by atoms with Crippen LogP contribution in [0.4, 0.5) is 5.69 Å². The van der Waals surface area contributed by atoms with Crippen molar-refractivity contribution in [1.29, 1.82) is 0 Å². The molecule has 2 aromatic rings. The summed E-state index contributed by atoms with van der Waals surface area (Å²) < 4.78 is 0. The Morgan fingerprint density at radius 3 is 2.90 bits per heavy atom. The smallest absolute Gasteiger partial charge is 0.339 e. The van der Waals surface area contributed by atoms with Gasteiger partial charge < -0.3 is 10.0 Å². The van der Waals surface area contributed by atoms with Crippen LogP contribution in [0.1, 0.15) is 28.0 Å². The molecular formula is C15H13N3O3. The first-order valence-electron chi connectivity index (χ1n) is 6.57. The fourth-order valence-corrected chi connectivity index (χ4v) is 2.48. The quantitative estimate of drug-likeness (QED) is 0.926. The number of aromatic carboxylic acids is 1. The molecule has 2 heterocycles. The highest BCUT2D eigenvalue weighted by atomic mass is 16.4. The zero-order valence-corrected chi connectivity index (χ0v) is 11.2. The number of aromatic nitrogens is 2. The molecule has 6 heteroatoms. The van der Waals surface area contributed by atoms with Crippen molar-refractivity contribution in [3.8, 4) is 0 Å². The molecule has 1 aromatic carbocycles. The van der Waals surface area contributed by atoms with Crippen molar-refractivity contribution < 1.29 is 14.7 Å². The van der Waals surface area contributed by atoms with Gasteiger partial charge in [0.15, 0.2) is 0 Å². The molecule has 0 atom stereocenters. The van der Waals surface area contributed by atoms with Crippen molar-refractivity contribution in [2.75, 3.05) is 4.90 Å². The summed E-state index contributed by atoms with van der Waals surface area (Å²) in [6.45, 7) is 0.139. The lowest BCUT2D eigenvalue weighted by molar-refractivity contribution is -0.119. The summed E-state index contributed by atoms with van der Waals surface area (Å²) in [7, 11) is 0. The van der Waals surface area contributed by atoms with Crippen LogP contribution in [-0.4, -0.2) is 27.0 Å². The largest absolute Gasteiger partial charge is 0.478 e. The average molecular weight is 283 g/mol. The van der Waals surface area contributed by atoms with Gasteiger partial charge in [0, 0.05) is 18.3 Å². The number of nitrogens with zero attached hydrogens (tertiary/aromatic N) is 3. The normalized spacial score (nSPS) is 13.9. The van der Waals surface area contributed by atoms with Gasteiger partial charge in [0.1, 0.15) is 11.9 Å². The van der Waals surface area contributed by atoms with Crippen LogP contribution in [0.2, 0.25) is 0 Å². The number of carbonyl (C=O) groups excluding carboxylic acids is 1. The van der Waals surface area contributed by atoms with Crippen LogP contribution in [0.15, 0.2) is 36.8 Å². The van der Waals surface area contributed by atoms with Crippen LogP contribution >= 0.6 is 0 Å². The molecule has 0 bridgehead atoms. The number of rotatable bonds is 3. The lowest BCUT2D eigenvalue weighted by Crippen LogP contribution is -2.35. The van der Waals surface area contributed by atoms with Gasteiger partial charge in [-0.3, -0.25) is 4.79 Å². The summed E-state index contributed by atoms with van der Waals surface area (Å²) in [6.07, 6.45) is 3.68. The minimum Gasteiger partial charge on any atom is -0.478 e. The van der Waals surface area contributed by atoms with Crippen molar-refractivity contribution in [1.82, 2.24) is 9.97 Å². The van der Waals surface area contributed by atoms with E-state index in [-0.39, 0.29) is 18.0 Å². The van der Waals surface area contributed by atoms with Gasteiger partial charge in [-0.05, 0) is 18.1 Å². The van der Waals surface area contributed by atoms with Crippen molar-refractivity contribution in [3.05, 3.63) is 53.6 Å². The maximum absolute atomic E-state index is 12.2. The number of hydrogen-bond donors (Lipinski definition) is 1. The van der Waals surface area contributed by atoms with E-state index in [9.17, 15) is 14.7 Å². The minimum atomic E-state index is -1.09. The molecule has 0 spiro atoms. The summed E-state index contributed by atoms with van der Waals surface area (Å²) in [5, 5.41) is 9.17. The summed E-state index contributed by atoms with van der Waals surface area (Å²) in [5.41, 5.74) is 2.27. The highest BCUT2D eigenvalue weighted by Crippen LogP contribution is 2.28. The third-order valence-corrected chi connectivity index (χ3v) is 3.52. The number of carboxylic acid groups (broad SMARTS) is 1. The number of para-hydroxylation sites is 1. The lowest BCUT2D eigenvalue weighted by Gasteiger charge is -2.29. The molecule has 1 aliphatic heterocycles. The number of aryl methyl sites for hydroxylation is 1. The van der Waals surface area contributed by atoms with E-state index in [1.165, 1.54) is 12.5 Å². The zero-order valence-electron chi connectivity index (χ0n) is 11.2. The van der Waals surface area contributed by atoms with Gasteiger partial charge in [0.25, 0.3) is 0 Å². The van der Waals surface area contributed by atoms with Crippen LogP contribution in [0.3, 0.4) is 0 Å². The maximum Gasteiger partial charge on any atom is 0.339 e. The molecule has 1 N–H and O–H groups in total. The minimum absolute atomic E-state index is 0.0216. The van der Waals surface area contributed by atoms with Gasteiger partial charge >= 0.3 is 5.97 Å².